The summed E-state index contributed by atoms with van der Waals surface area (Å²) in [5, 5.41) is 6.71. The largest absolute Gasteiger partial charge is 0.382 e. The van der Waals surface area contributed by atoms with Gasteiger partial charge in [-0.3, -0.25) is 5.10 Å². The van der Waals surface area contributed by atoms with Crippen molar-refractivity contribution in [2.24, 2.45) is 0 Å². The highest BCUT2D eigenvalue weighted by Gasteiger charge is 2.15. The van der Waals surface area contributed by atoms with Crippen molar-refractivity contribution in [3.05, 3.63) is 11.8 Å². The van der Waals surface area contributed by atoms with Crippen molar-refractivity contribution < 1.29 is 0 Å². The number of nitrogens with two attached hydrogens (primary N) is 1. The molecule has 3 N–H and O–H groups in total. The lowest BCUT2D eigenvalue weighted by Crippen LogP contribution is -2.11. The van der Waals surface area contributed by atoms with E-state index >= 15 is 0 Å². The van der Waals surface area contributed by atoms with Gasteiger partial charge in [-0.1, -0.05) is 66.7 Å². The van der Waals surface area contributed by atoms with E-state index in [9.17, 15) is 0 Å². The minimum absolute atomic E-state index is 0.116. The van der Waals surface area contributed by atoms with E-state index in [1.54, 1.807) is 0 Å². The first-order valence-electron chi connectivity index (χ1n) is 6.81. The highest BCUT2D eigenvalue weighted by atomic mass is 15.2. The lowest BCUT2D eigenvalue weighted by molar-refractivity contribution is 0.567. The number of anilines is 1. The van der Waals surface area contributed by atoms with Crippen LogP contribution in [0.15, 0.2) is 6.07 Å². The zero-order valence-electron chi connectivity index (χ0n) is 12.1. The van der Waals surface area contributed by atoms with Gasteiger partial charge in [-0.15, -0.1) is 0 Å². The molecule has 0 unspecified atom stereocenters. The molecule has 1 aliphatic carbocycles. The third-order valence-electron chi connectivity index (χ3n) is 2.66. The summed E-state index contributed by atoms with van der Waals surface area (Å²) in [6.45, 7) is 10.3. The highest BCUT2D eigenvalue weighted by Crippen LogP contribution is 2.20. The minimum atomic E-state index is 0.116. The molecule has 3 heteroatoms. The zero-order chi connectivity index (χ0) is 13.3. The molecule has 2 rings (SSSR count). The maximum absolute atomic E-state index is 5.43. The second-order valence-corrected chi connectivity index (χ2v) is 5.22. The topological polar surface area (TPSA) is 54.7 Å². The third-order valence-corrected chi connectivity index (χ3v) is 2.66. The monoisotopic (exact) mass is 239 g/mol. The van der Waals surface area contributed by atoms with Gasteiger partial charge in [0.05, 0.1) is 0 Å². The molecular formula is C14H29N3. The Bertz CT molecular complexity index is 272. The van der Waals surface area contributed by atoms with E-state index in [0.717, 1.165) is 5.69 Å². The van der Waals surface area contributed by atoms with Crippen LogP contribution in [-0.4, -0.2) is 10.2 Å². The Morgan fingerprint density at radius 1 is 1.06 bits per heavy atom. The standard InChI is InChI=1S/C7H13N3.C5H10.C2H6/c1-7(2,3)5-4-6(8)10-9-5;1-2-4-5-3-1;1-2/h4H,1-3H3,(H3,8,9,10);1-5H2;1-2H3. The predicted octanol–water partition coefficient (Wildman–Crippen LogP) is 4.27. The van der Waals surface area contributed by atoms with Crippen molar-refractivity contribution in [3.8, 4) is 0 Å². The van der Waals surface area contributed by atoms with E-state index in [0.29, 0.717) is 5.82 Å². The fraction of sp³-hybridized carbons (Fsp3) is 0.786. The van der Waals surface area contributed by atoms with Crippen molar-refractivity contribution >= 4 is 5.82 Å². The van der Waals surface area contributed by atoms with Gasteiger partial charge < -0.3 is 5.73 Å². The molecule has 0 saturated heterocycles. The maximum Gasteiger partial charge on any atom is 0.145 e. The van der Waals surface area contributed by atoms with E-state index in [4.69, 9.17) is 5.73 Å². The van der Waals surface area contributed by atoms with Crippen molar-refractivity contribution in [3.63, 3.8) is 0 Å². The number of hydrogen-bond acceptors (Lipinski definition) is 2. The molecule has 0 spiro atoms. The third kappa shape index (κ3) is 7.03. The summed E-state index contributed by atoms with van der Waals surface area (Å²) in [5.74, 6) is 0.560. The summed E-state index contributed by atoms with van der Waals surface area (Å²) >= 11 is 0. The predicted molar refractivity (Wildman–Crippen MR) is 76.1 cm³/mol. The number of H-pyrrole nitrogens is 1. The second-order valence-electron chi connectivity index (χ2n) is 5.22. The van der Waals surface area contributed by atoms with Crippen molar-refractivity contribution in [1.82, 2.24) is 10.2 Å². The first kappa shape index (κ1) is 16.0. The van der Waals surface area contributed by atoms with Gasteiger partial charge in [0.1, 0.15) is 5.82 Å². The molecule has 1 saturated carbocycles. The number of aromatic nitrogens is 2. The van der Waals surface area contributed by atoms with E-state index < -0.39 is 0 Å². The molecule has 1 aromatic heterocycles. The molecule has 1 fully saturated rings. The van der Waals surface area contributed by atoms with Gasteiger partial charge in [-0.05, 0) is 0 Å². The van der Waals surface area contributed by atoms with Crippen LogP contribution in [0.4, 0.5) is 5.82 Å². The van der Waals surface area contributed by atoms with Gasteiger partial charge in [0.2, 0.25) is 0 Å². The van der Waals surface area contributed by atoms with Gasteiger partial charge in [-0.25, -0.2) is 0 Å². The van der Waals surface area contributed by atoms with Crippen LogP contribution in [0.25, 0.3) is 0 Å². The molecule has 0 atom stereocenters. The lowest BCUT2D eigenvalue weighted by Gasteiger charge is -2.14. The molecule has 0 bridgehead atoms. The molecule has 100 valence electrons. The van der Waals surface area contributed by atoms with Gasteiger partial charge in [0.15, 0.2) is 0 Å². The summed E-state index contributed by atoms with van der Waals surface area (Å²) in [5.41, 5.74) is 6.62. The van der Waals surface area contributed by atoms with Crippen LogP contribution in [0.5, 0.6) is 0 Å². The van der Waals surface area contributed by atoms with Gasteiger partial charge in [0, 0.05) is 17.2 Å². The summed E-state index contributed by atoms with van der Waals surface area (Å²) in [4.78, 5) is 0. The molecule has 0 aliphatic heterocycles. The van der Waals surface area contributed by atoms with E-state index in [2.05, 4.69) is 31.0 Å². The number of aromatic amines is 1. The number of rotatable bonds is 0. The quantitative estimate of drug-likeness (QED) is 0.710. The Balaban J connectivity index is 0.000000306. The van der Waals surface area contributed by atoms with Gasteiger partial charge >= 0.3 is 0 Å². The Morgan fingerprint density at radius 2 is 1.47 bits per heavy atom. The van der Waals surface area contributed by atoms with Gasteiger partial charge in [0.25, 0.3) is 0 Å². The average Bonchev–Trinajstić information content (AvgIpc) is 2.92. The van der Waals surface area contributed by atoms with Gasteiger partial charge in [-0.2, -0.15) is 5.10 Å². The van der Waals surface area contributed by atoms with Crippen LogP contribution in [-0.2, 0) is 5.41 Å². The Morgan fingerprint density at radius 3 is 1.65 bits per heavy atom. The van der Waals surface area contributed by atoms with Crippen molar-refractivity contribution in [2.45, 2.75) is 72.1 Å². The van der Waals surface area contributed by atoms with Crippen LogP contribution in [0.3, 0.4) is 0 Å². The molecule has 17 heavy (non-hydrogen) atoms. The number of nitrogens with zero attached hydrogens (tertiary/aromatic N) is 1. The number of hydrogen-bond donors (Lipinski definition) is 2. The first-order chi connectivity index (χ1) is 8.00. The van der Waals surface area contributed by atoms with Crippen LogP contribution >= 0.6 is 0 Å². The van der Waals surface area contributed by atoms with E-state index in [1.165, 1.54) is 32.1 Å². The molecule has 0 aromatic carbocycles. The molecule has 1 aliphatic rings. The van der Waals surface area contributed by atoms with Crippen molar-refractivity contribution in [1.29, 1.82) is 0 Å². The number of nitrogens with one attached hydrogen (secondary N) is 1. The average molecular weight is 239 g/mol. The fourth-order valence-electron chi connectivity index (χ4n) is 1.61. The lowest BCUT2D eigenvalue weighted by atomic mass is 9.92. The molecule has 0 amide bonds. The van der Waals surface area contributed by atoms with Crippen LogP contribution in [0.1, 0.15) is 72.4 Å². The van der Waals surface area contributed by atoms with E-state index in [1.807, 2.05) is 19.9 Å². The minimum Gasteiger partial charge on any atom is -0.382 e. The zero-order valence-corrected chi connectivity index (χ0v) is 12.1. The molecule has 0 radical (unpaired) electrons. The van der Waals surface area contributed by atoms with Crippen LogP contribution < -0.4 is 5.73 Å². The summed E-state index contributed by atoms with van der Waals surface area (Å²) in [6.07, 6.45) is 7.50. The van der Waals surface area contributed by atoms with Crippen LogP contribution in [0.2, 0.25) is 0 Å². The normalized spacial score (nSPS) is 14.4. The maximum atomic E-state index is 5.43. The Kier molecular flexibility index (Phi) is 7.68. The van der Waals surface area contributed by atoms with E-state index in [-0.39, 0.29) is 5.41 Å². The summed E-state index contributed by atoms with van der Waals surface area (Å²) < 4.78 is 0. The first-order valence-corrected chi connectivity index (χ1v) is 6.81. The summed E-state index contributed by atoms with van der Waals surface area (Å²) in [7, 11) is 0. The number of nitrogen functional groups attached to an aromatic ring is 1. The Labute approximate surface area is 106 Å². The van der Waals surface area contributed by atoms with Crippen molar-refractivity contribution in [2.75, 3.05) is 5.73 Å². The Hall–Kier alpha value is -0.990. The molecule has 3 nitrogen and oxygen atoms in total. The molecule has 1 heterocycles. The fourth-order valence-corrected chi connectivity index (χ4v) is 1.61. The smallest absolute Gasteiger partial charge is 0.145 e. The molecule has 1 aromatic rings. The highest BCUT2D eigenvalue weighted by molar-refractivity contribution is 5.31. The second kappa shape index (κ2) is 8.15. The molecular weight excluding hydrogens is 210 g/mol. The van der Waals surface area contributed by atoms with Crippen LogP contribution in [0, 0.1) is 0 Å². The SMILES string of the molecule is C1CCCC1.CC.CC(C)(C)c1cc(N)n[nH]1. The summed E-state index contributed by atoms with van der Waals surface area (Å²) in [6, 6.07) is 1.86.